The standard InChI is InChI=1S/C17H26N4O/c1-13(2)20-10-8-14(12-20)21-16(7-5-11-22-3)19-15-6-4-9-18-17(15)21/h4,6,9,13-14H,5,7-8,10-12H2,1-3H3. The fourth-order valence-corrected chi connectivity index (χ4v) is 3.36. The van der Waals surface area contributed by atoms with Crippen LogP contribution in [0.4, 0.5) is 0 Å². The van der Waals surface area contributed by atoms with Crippen LogP contribution in [0, 0.1) is 0 Å². The number of pyridine rings is 1. The molecule has 0 bridgehead atoms. The van der Waals surface area contributed by atoms with E-state index in [1.807, 2.05) is 12.3 Å². The zero-order valence-electron chi connectivity index (χ0n) is 13.8. The summed E-state index contributed by atoms with van der Waals surface area (Å²) in [5.41, 5.74) is 2.04. The molecule has 0 radical (unpaired) electrons. The maximum Gasteiger partial charge on any atom is 0.160 e. The van der Waals surface area contributed by atoms with Gasteiger partial charge in [-0.3, -0.25) is 4.90 Å². The van der Waals surface area contributed by atoms with E-state index in [0.717, 1.165) is 49.5 Å². The molecule has 1 saturated heterocycles. The zero-order chi connectivity index (χ0) is 15.5. The summed E-state index contributed by atoms with van der Waals surface area (Å²) in [5.74, 6) is 1.15. The second kappa shape index (κ2) is 6.75. The first-order chi connectivity index (χ1) is 10.7. The Morgan fingerprint density at radius 1 is 1.41 bits per heavy atom. The number of nitrogens with zero attached hydrogens (tertiary/aromatic N) is 4. The molecular formula is C17H26N4O. The molecule has 0 aromatic carbocycles. The van der Waals surface area contributed by atoms with Gasteiger partial charge in [0.1, 0.15) is 11.3 Å². The molecule has 2 aromatic heterocycles. The molecule has 1 unspecified atom stereocenters. The first-order valence-corrected chi connectivity index (χ1v) is 8.25. The van der Waals surface area contributed by atoms with Gasteiger partial charge < -0.3 is 9.30 Å². The van der Waals surface area contributed by atoms with Crippen LogP contribution < -0.4 is 0 Å². The molecule has 0 aliphatic carbocycles. The Morgan fingerprint density at radius 2 is 2.27 bits per heavy atom. The quantitative estimate of drug-likeness (QED) is 0.770. The fraction of sp³-hybridized carbons (Fsp3) is 0.647. The van der Waals surface area contributed by atoms with Crippen molar-refractivity contribution in [3.05, 3.63) is 24.2 Å². The number of likely N-dealkylation sites (tertiary alicyclic amines) is 1. The molecule has 0 spiro atoms. The third-order valence-electron chi connectivity index (χ3n) is 4.56. The van der Waals surface area contributed by atoms with E-state index in [2.05, 4.69) is 34.4 Å². The molecule has 3 heterocycles. The molecule has 1 aliphatic rings. The van der Waals surface area contributed by atoms with Crippen molar-refractivity contribution in [2.45, 2.75) is 45.2 Å². The van der Waals surface area contributed by atoms with Crippen molar-refractivity contribution in [3.8, 4) is 0 Å². The topological polar surface area (TPSA) is 43.2 Å². The SMILES string of the molecule is COCCCc1nc2cccnc2n1C1CCN(C(C)C)C1. The van der Waals surface area contributed by atoms with Crippen LogP contribution in [-0.2, 0) is 11.2 Å². The molecular weight excluding hydrogens is 276 g/mol. The van der Waals surface area contributed by atoms with Gasteiger partial charge in [-0.25, -0.2) is 9.97 Å². The van der Waals surface area contributed by atoms with Gasteiger partial charge in [-0.15, -0.1) is 0 Å². The van der Waals surface area contributed by atoms with Gasteiger partial charge in [0.15, 0.2) is 5.65 Å². The highest BCUT2D eigenvalue weighted by atomic mass is 16.5. The van der Waals surface area contributed by atoms with Crippen molar-refractivity contribution in [2.24, 2.45) is 0 Å². The third-order valence-corrected chi connectivity index (χ3v) is 4.56. The van der Waals surface area contributed by atoms with E-state index < -0.39 is 0 Å². The summed E-state index contributed by atoms with van der Waals surface area (Å²) in [4.78, 5) is 12.0. The molecule has 5 nitrogen and oxygen atoms in total. The molecule has 0 N–H and O–H groups in total. The van der Waals surface area contributed by atoms with Gasteiger partial charge in [0, 0.05) is 45.5 Å². The second-order valence-corrected chi connectivity index (χ2v) is 6.37. The molecule has 0 saturated carbocycles. The predicted octanol–water partition coefficient (Wildman–Crippen LogP) is 2.67. The number of fused-ring (bicyclic) bond motifs is 1. The van der Waals surface area contributed by atoms with Gasteiger partial charge in [0.05, 0.1) is 6.04 Å². The molecule has 0 amide bonds. The highest BCUT2D eigenvalue weighted by Gasteiger charge is 2.28. The van der Waals surface area contributed by atoms with E-state index in [9.17, 15) is 0 Å². The molecule has 5 heteroatoms. The number of rotatable bonds is 6. The summed E-state index contributed by atoms with van der Waals surface area (Å²) in [6.45, 7) is 7.57. The first-order valence-electron chi connectivity index (χ1n) is 8.25. The lowest BCUT2D eigenvalue weighted by Gasteiger charge is -2.21. The van der Waals surface area contributed by atoms with E-state index in [1.54, 1.807) is 7.11 Å². The van der Waals surface area contributed by atoms with Gasteiger partial charge in [0.25, 0.3) is 0 Å². The van der Waals surface area contributed by atoms with E-state index in [0.29, 0.717) is 12.1 Å². The zero-order valence-corrected chi connectivity index (χ0v) is 13.8. The highest BCUT2D eigenvalue weighted by Crippen LogP contribution is 2.28. The summed E-state index contributed by atoms with van der Waals surface area (Å²) >= 11 is 0. The number of hydrogen-bond acceptors (Lipinski definition) is 4. The third kappa shape index (κ3) is 3.01. The molecule has 1 aliphatic heterocycles. The maximum absolute atomic E-state index is 5.19. The highest BCUT2D eigenvalue weighted by molar-refractivity contribution is 5.71. The first kappa shape index (κ1) is 15.4. The Balaban J connectivity index is 1.90. The average molecular weight is 302 g/mol. The van der Waals surface area contributed by atoms with Gasteiger partial charge in [-0.05, 0) is 38.8 Å². The van der Waals surface area contributed by atoms with Crippen molar-refractivity contribution < 1.29 is 4.74 Å². The summed E-state index contributed by atoms with van der Waals surface area (Å²) < 4.78 is 7.57. The lowest BCUT2D eigenvalue weighted by Crippen LogP contribution is -2.29. The Bertz CT molecular complexity index is 622. The molecule has 2 aromatic rings. The van der Waals surface area contributed by atoms with Crippen LogP contribution in [0.3, 0.4) is 0 Å². The largest absolute Gasteiger partial charge is 0.385 e. The van der Waals surface area contributed by atoms with Gasteiger partial charge in [-0.2, -0.15) is 0 Å². The number of imidazole rings is 1. The Kier molecular flexibility index (Phi) is 4.74. The van der Waals surface area contributed by atoms with Crippen LogP contribution in [0.2, 0.25) is 0 Å². The monoisotopic (exact) mass is 302 g/mol. The number of aryl methyl sites for hydroxylation is 1. The smallest absolute Gasteiger partial charge is 0.160 e. The van der Waals surface area contributed by atoms with E-state index >= 15 is 0 Å². The Hall–Kier alpha value is -1.46. The van der Waals surface area contributed by atoms with Gasteiger partial charge in [0.2, 0.25) is 0 Å². The lowest BCUT2D eigenvalue weighted by atomic mass is 10.2. The number of aromatic nitrogens is 3. The van der Waals surface area contributed by atoms with Crippen molar-refractivity contribution in [1.29, 1.82) is 0 Å². The van der Waals surface area contributed by atoms with Crippen LogP contribution >= 0.6 is 0 Å². The average Bonchev–Trinajstić information content (AvgIpc) is 3.11. The number of hydrogen-bond donors (Lipinski definition) is 0. The predicted molar refractivity (Wildman–Crippen MR) is 88.1 cm³/mol. The minimum atomic E-state index is 0.486. The van der Waals surface area contributed by atoms with Crippen LogP contribution in [0.5, 0.6) is 0 Å². The van der Waals surface area contributed by atoms with Crippen molar-refractivity contribution in [1.82, 2.24) is 19.4 Å². The van der Waals surface area contributed by atoms with E-state index in [-0.39, 0.29) is 0 Å². The Morgan fingerprint density at radius 3 is 3.00 bits per heavy atom. The van der Waals surface area contributed by atoms with Crippen LogP contribution in [0.1, 0.15) is 38.6 Å². The van der Waals surface area contributed by atoms with Crippen LogP contribution in [0.15, 0.2) is 18.3 Å². The summed E-state index contributed by atoms with van der Waals surface area (Å²) in [7, 11) is 1.75. The van der Waals surface area contributed by atoms with Crippen molar-refractivity contribution in [2.75, 3.05) is 26.8 Å². The van der Waals surface area contributed by atoms with Crippen LogP contribution in [-0.4, -0.2) is 52.3 Å². The molecule has 22 heavy (non-hydrogen) atoms. The molecule has 1 atom stereocenters. The van der Waals surface area contributed by atoms with Gasteiger partial charge in [-0.1, -0.05) is 0 Å². The van der Waals surface area contributed by atoms with E-state index in [4.69, 9.17) is 9.72 Å². The fourth-order valence-electron chi connectivity index (χ4n) is 3.36. The minimum absolute atomic E-state index is 0.486. The summed E-state index contributed by atoms with van der Waals surface area (Å²) in [6, 6.07) is 5.12. The molecule has 3 rings (SSSR count). The Labute approximate surface area is 132 Å². The van der Waals surface area contributed by atoms with E-state index in [1.165, 1.54) is 6.42 Å². The summed E-state index contributed by atoms with van der Waals surface area (Å²) in [6.07, 6.45) is 4.99. The second-order valence-electron chi connectivity index (χ2n) is 6.37. The molecule has 120 valence electrons. The van der Waals surface area contributed by atoms with Crippen LogP contribution in [0.25, 0.3) is 11.2 Å². The van der Waals surface area contributed by atoms with Gasteiger partial charge >= 0.3 is 0 Å². The number of methoxy groups -OCH3 is 1. The van der Waals surface area contributed by atoms with Crippen molar-refractivity contribution >= 4 is 11.2 Å². The number of ether oxygens (including phenoxy) is 1. The molecule has 1 fully saturated rings. The van der Waals surface area contributed by atoms with Crippen molar-refractivity contribution in [3.63, 3.8) is 0 Å². The lowest BCUT2D eigenvalue weighted by molar-refractivity contribution is 0.194. The maximum atomic E-state index is 5.19. The summed E-state index contributed by atoms with van der Waals surface area (Å²) in [5, 5.41) is 0. The normalized spacial score (nSPS) is 19.5. The minimum Gasteiger partial charge on any atom is -0.385 e.